The molecule has 1 aromatic rings. The summed E-state index contributed by atoms with van der Waals surface area (Å²) >= 11 is 0. The fourth-order valence-corrected chi connectivity index (χ4v) is 1.09. The molecule has 0 aliphatic heterocycles. The Hall–Kier alpha value is -0.995. The van der Waals surface area contributed by atoms with E-state index in [9.17, 15) is 10.1 Å². The van der Waals surface area contributed by atoms with Crippen molar-refractivity contribution in [2.24, 2.45) is 0 Å². The molecule has 0 saturated heterocycles. The molecule has 3 nitrogen and oxygen atoms in total. The quantitative estimate of drug-likeness (QED) is 0.687. The molecule has 0 amide bonds. The Morgan fingerprint density at radius 3 is 2.29 bits per heavy atom. The van der Waals surface area contributed by atoms with Crippen LogP contribution < -0.4 is 5.46 Å². The number of hydrogen-bond donors (Lipinski definition) is 2. The second-order valence-electron chi connectivity index (χ2n) is 4.14. The fraction of sp³-hybridized carbons (Fsp3) is 0.400. The van der Waals surface area contributed by atoms with Gasteiger partial charge < -0.3 is 14.8 Å². The van der Waals surface area contributed by atoms with E-state index >= 15 is 0 Å². The summed E-state index contributed by atoms with van der Waals surface area (Å²) in [6.45, 7) is 5.53. The van der Waals surface area contributed by atoms with E-state index in [1.165, 1.54) is 6.07 Å². The Labute approximate surface area is 84.5 Å². The summed E-state index contributed by atoms with van der Waals surface area (Å²) in [5, 5.41) is 19.1. The molecular formula is C10H15BO3. The third-order valence-electron chi connectivity index (χ3n) is 1.67. The first-order chi connectivity index (χ1) is 6.40. The summed E-state index contributed by atoms with van der Waals surface area (Å²) in [7, 11) is -1.09. The molecule has 0 unspecified atom stereocenters. The summed E-state index contributed by atoms with van der Waals surface area (Å²) in [5.41, 5.74) is -0.0516. The van der Waals surface area contributed by atoms with Gasteiger partial charge in [-0.1, -0.05) is 18.2 Å². The summed E-state index contributed by atoms with van der Waals surface area (Å²) < 4.78 is 5.30. The summed E-state index contributed by atoms with van der Waals surface area (Å²) in [6, 6.07) is 6.59. The molecule has 4 heteroatoms. The molecule has 2 N–H and O–H groups in total. The van der Waals surface area contributed by atoms with Crippen LogP contribution in [0, 0.1) is 0 Å². The lowest BCUT2D eigenvalue weighted by atomic mass is 9.78. The third-order valence-corrected chi connectivity index (χ3v) is 1.67. The first kappa shape index (κ1) is 11.1. The summed E-state index contributed by atoms with van der Waals surface area (Å²) in [5.74, 6) is 0.0456. The van der Waals surface area contributed by atoms with Crippen molar-refractivity contribution in [3.8, 4) is 5.75 Å². The van der Waals surface area contributed by atoms with Crippen molar-refractivity contribution in [3.63, 3.8) is 0 Å². The van der Waals surface area contributed by atoms with E-state index in [-0.39, 0.29) is 5.75 Å². The van der Waals surface area contributed by atoms with Gasteiger partial charge in [0.25, 0.3) is 0 Å². The standard InChI is InChI=1S/C10H15BO3/c1-10(2,3)14-11(13)8-6-4-5-7-9(8)12/h4-7,12-13H,1-3H3. The number of hydrogen-bond acceptors (Lipinski definition) is 3. The molecule has 0 fully saturated rings. The minimum absolute atomic E-state index is 0.0456. The molecule has 0 heterocycles. The lowest BCUT2D eigenvalue weighted by Gasteiger charge is -2.22. The van der Waals surface area contributed by atoms with E-state index in [1.54, 1.807) is 18.2 Å². The molecule has 0 radical (unpaired) electrons. The van der Waals surface area contributed by atoms with Gasteiger partial charge >= 0.3 is 7.12 Å². The maximum Gasteiger partial charge on any atom is 0.495 e. The lowest BCUT2D eigenvalue weighted by molar-refractivity contribution is 0.107. The predicted molar refractivity (Wildman–Crippen MR) is 56.6 cm³/mol. The maximum absolute atomic E-state index is 9.65. The zero-order valence-electron chi connectivity index (χ0n) is 8.69. The molecule has 0 saturated carbocycles. The average Bonchev–Trinajstić information content (AvgIpc) is 2.01. The smallest absolute Gasteiger partial charge is 0.495 e. The number of phenolic OH excluding ortho intramolecular Hbond substituents is 1. The number of benzene rings is 1. The molecule has 1 rings (SSSR count). The minimum Gasteiger partial charge on any atom is -0.508 e. The highest BCUT2D eigenvalue weighted by Gasteiger charge is 2.25. The maximum atomic E-state index is 9.65. The highest BCUT2D eigenvalue weighted by molar-refractivity contribution is 6.61. The SMILES string of the molecule is CC(C)(C)OB(O)c1ccccc1O. The number of para-hydroxylation sites is 1. The Morgan fingerprint density at radius 1 is 1.21 bits per heavy atom. The molecular weight excluding hydrogens is 179 g/mol. The molecule has 0 aliphatic rings. The van der Waals surface area contributed by atoms with Crippen molar-refractivity contribution in [1.82, 2.24) is 0 Å². The van der Waals surface area contributed by atoms with Crippen molar-refractivity contribution in [1.29, 1.82) is 0 Å². The number of rotatable bonds is 2. The topological polar surface area (TPSA) is 49.7 Å². The predicted octanol–water partition coefficient (Wildman–Crippen LogP) is 0.895. The van der Waals surface area contributed by atoms with Crippen LogP contribution in [0.1, 0.15) is 20.8 Å². The fourth-order valence-electron chi connectivity index (χ4n) is 1.09. The van der Waals surface area contributed by atoms with Gasteiger partial charge in [-0.05, 0) is 26.8 Å². The van der Waals surface area contributed by atoms with Gasteiger partial charge in [-0.25, -0.2) is 0 Å². The van der Waals surface area contributed by atoms with Crippen LogP contribution in [-0.2, 0) is 4.65 Å². The first-order valence-electron chi connectivity index (χ1n) is 4.54. The van der Waals surface area contributed by atoms with Crippen molar-refractivity contribution in [2.75, 3.05) is 0 Å². The largest absolute Gasteiger partial charge is 0.508 e. The monoisotopic (exact) mass is 194 g/mol. The van der Waals surface area contributed by atoms with Crippen LogP contribution in [0.15, 0.2) is 24.3 Å². The van der Waals surface area contributed by atoms with Crippen LogP contribution >= 0.6 is 0 Å². The van der Waals surface area contributed by atoms with Gasteiger partial charge in [0, 0.05) is 11.1 Å². The number of aromatic hydroxyl groups is 1. The van der Waals surface area contributed by atoms with Crippen LogP contribution in [0.2, 0.25) is 0 Å². The number of phenols is 1. The van der Waals surface area contributed by atoms with E-state index in [0.717, 1.165) is 0 Å². The van der Waals surface area contributed by atoms with Gasteiger partial charge in [0.1, 0.15) is 5.75 Å². The molecule has 0 aliphatic carbocycles. The molecule has 1 aromatic carbocycles. The van der Waals surface area contributed by atoms with Crippen LogP contribution in [-0.4, -0.2) is 22.8 Å². The van der Waals surface area contributed by atoms with Gasteiger partial charge in [-0.2, -0.15) is 0 Å². The van der Waals surface area contributed by atoms with Gasteiger partial charge in [-0.15, -0.1) is 0 Å². The van der Waals surface area contributed by atoms with Crippen LogP contribution in [0.5, 0.6) is 5.75 Å². The summed E-state index contributed by atoms with van der Waals surface area (Å²) in [4.78, 5) is 0. The Balaban J connectivity index is 2.80. The van der Waals surface area contributed by atoms with Crippen molar-refractivity contribution < 1.29 is 14.8 Å². The van der Waals surface area contributed by atoms with E-state index in [1.807, 2.05) is 20.8 Å². The lowest BCUT2D eigenvalue weighted by Crippen LogP contribution is -2.40. The van der Waals surface area contributed by atoms with Crippen LogP contribution in [0.25, 0.3) is 0 Å². The van der Waals surface area contributed by atoms with Gasteiger partial charge in [0.15, 0.2) is 0 Å². The highest BCUT2D eigenvalue weighted by Crippen LogP contribution is 2.11. The second-order valence-corrected chi connectivity index (χ2v) is 4.14. The normalized spacial score (nSPS) is 11.4. The summed E-state index contributed by atoms with van der Waals surface area (Å²) in [6.07, 6.45) is 0. The average molecular weight is 194 g/mol. The van der Waals surface area contributed by atoms with Crippen LogP contribution in [0.3, 0.4) is 0 Å². The zero-order valence-corrected chi connectivity index (χ0v) is 8.69. The van der Waals surface area contributed by atoms with Gasteiger partial charge in [0.2, 0.25) is 0 Å². The highest BCUT2D eigenvalue weighted by atomic mass is 16.5. The molecule has 0 spiro atoms. The Bertz CT molecular complexity index is 306. The third kappa shape index (κ3) is 3.05. The van der Waals surface area contributed by atoms with E-state index in [4.69, 9.17) is 4.65 Å². The van der Waals surface area contributed by atoms with E-state index in [0.29, 0.717) is 5.46 Å². The molecule has 76 valence electrons. The van der Waals surface area contributed by atoms with Crippen molar-refractivity contribution in [2.45, 2.75) is 26.4 Å². The molecule has 0 aromatic heterocycles. The zero-order chi connectivity index (χ0) is 10.8. The van der Waals surface area contributed by atoms with Crippen molar-refractivity contribution in [3.05, 3.63) is 24.3 Å². The molecule has 14 heavy (non-hydrogen) atoms. The van der Waals surface area contributed by atoms with E-state index < -0.39 is 12.7 Å². The second kappa shape index (κ2) is 4.03. The van der Waals surface area contributed by atoms with Gasteiger partial charge in [0.05, 0.1) is 0 Å². The van der Waals surface area contributed by atoms with Crippen LogP contribution in [0.4, 0.5) is 0 Å². The Morgan fingerprint density at radius 2 is 1.79 bits per heavy atom. The van der Waals surface area contributed by atoms with Gasteiger partial charge in [-0.3, -0.25) is 0 Å². The minimum atomic E-state index is -1.09. The Kier molecular flexibility index (Phi) is 3.19. The van der Waals surface area contributed by atoms with E-state index in [2.05, 4.69) is 0 Å². The molecule has 0 bridgehead atoms. The first-order valence-corrected chi connectivity index (χ1v) is 4.54. The molecule has 0 atom stereocenters. The van der Waals surface area contributed by atoms with Crippen molar-refractivity contribution >= 4 is 12.6 Å².